The summed E-state index contributed by atoms with van der Waals surface area (Å²) in [5, 5.41) is 0. The fourth-order valence-electron chi connectivity index (χ4n) is 3.97. The summed E-state index contributed by atoms with van der Waals surface area (Å²) in [6.45, 7) is 0.531. The molecule has 22 heavy (non-hydrogen) atoms. The number of esters is 1. The van der Waals surface area contributed by atoms with Gasteiger partial charge in [0.2, 0.25) is 5.91 Å². The zero-order valence-corrected chi connectivity index (χ0v) is 14.0. The van der Waals surface area contributed by atoms with Crippen molar-refractivity contribution in [1.29, 1.82) is 0 Å². The third kappa shape index (κ3) is 5.29. The average molecular weight is 309 g/mol. The maximum atomic E-state index is 12.8. The molecule has 0 spiro atoms. The number of ether oxygens (including phenoxy) is 1. The summed E-state index contributed by atoms with van der Waals surface area (Å²) in [4.78, 5) is 26.2. The van der Waals surface area contributed by atoms with Crippen LogP contribution in [-0.4, -0.2) is 36.5 Å². The lowest BCUT2D eigenvalue weighted by Gasteiger charge is -2.35. The molecule has 0 unspecified atom stereocenters. The molecule has 0 aromatic rings. The van der Waals surface area contributed by atoms with Crippen LogP contribution in [0, 0.1) is 5.92 Å². The van der Waals surface area contributed by atoms with Gasteiger partial charge in [-0.2, -0.15) is 0 Å². The van der Waals surface area contributed by atoms with Gasteiger partial charge in [-0.1, -0.05) is 38.5 Å². The average Bonchev–Trinajstić information content (AvgIpc) is 2.56. The topological polar surface area (TPSA) is 46.6 Å². The van der Waals surface area contributed by atoms with Crippen LogP contribution in [0.4, 0.5) is 0 Å². The van der Waals surface area contributed by atoms with Crippen molar-refractivity contribution in [3.8, 4) is 0 Å². The van der Waals surface area contributed by atoms with Crippen molar-refractivity contribution in [2.45, 2.75) is 83.1 Å². The molecule has 0 heterocycles. The lowest BCUT2D eigenvalue weighted by Crippen LogP contribution is -2.43. The van der Waals surface area contributed by atoms with Gasteiger partial charge in [0.1, 0.15) is 0 Å². The van der Waals surface area contributed by atoms with Crippen LogP contribution in [0.15, 0.2) is 0 Å². The number of hydrogen-bond acceptors (Lipinski definition) is 3. The van der Waals surface area contributed by atoms with Crippen molar-refractivity contribution >= 4 is 11.9 Å². The maximum Gasteiger partial charge on any atom is 0.307 e. The van der Waals surface area contributed by atoms with Crippen molar-refractivity contribution in [3.63, 3.8) is 0 Å². The number of hydrogen-bond donors (Lipinski definition) is 0. The van der Waals surface area contributed by atoms with Crippen LogP contribution < -0.4 is 0 Å². The van der Waals surface area contributed by atoms with Crippen molar-refractivity contribution in [2.24, 2.45) is 5.92 Å². The molecule has 0 aromatic heterocycles. The zero-order chi connectivity index (χ0) is 15.8. The van der Waals surface area contributed by atoms with Crippen LogP contribution >= 0.6 is 0 Å². The second-order valence-electron chi connectivity index (χ2n) is 6.91. The Balaban J connectivity index is 1.91. The molecule has 0 saturated heterocycles. The molecule has 2 aliphatic carbocycles. The summed E-state index contributed by atoms with van der Waals surface area (Å²) >= 11 is 0. The number of carbonyl (C=O) groups excluding carboxylic acids is 2. The lowest BCUT2D eigenvalue weighted by molar-refractivity contribution is -0.142. The predicted octanol–water partition coefficient (Wildman–Crippen LogP) is 3.68. The molecule has 0 bridgehead atoms. The summed E-state index contributed by atoms with van der Waals surface area (Å²) in [5.74, 6) is 0.611. The minimum atomic E-state index is -0.216. The van der Waals surface area contributed by atoms with Crippen LogP contribution in [0.3, 0.4) is 0 Å². The van der Waals surface area contributed by atoms with E-state index in [1.165, 1.54) is 58.5 Å². The maximum absolute atomic E-state index is 12.8. The molecule has 0 radical (unpaired) electrons. The van der Waals surface area contributed by atoms with Gasteiger partial charge in [-0.3, -0.25) is 9.59 Å². The molecule has 2 rings (SSSR count). The van der Waals surface area contributed by atoms with Gasteiger partial charge in [0, 0.05) is 19.0 Å². The van der Waals surface area contributed by atoms with E-state index in [0.29, 0.717) is 31.3 Å². The quantitative estimate of drug-likeness (QED) is 0.703. The third-order valence-corrected chi connectivity index (χ3v) is 5.31. The van der Waals surface area contributed by atoms with E-state index in [9.17, 15) is 9.59 Å². The molecule has 4 nitrogen and oxygen atoms in total. The number of amides is 1. The Bertz CT molecular complexity index is 357. The van der Waals surface area contributed by atoms with Crippen molar-refractivity contribution in [3.05, 3.63) is 0 Å². The molecule has 126 valence electrons. The summed E-state index contributed by atoms with van der Waals surface area (Å²) in [6.07, 6.45) is 13.1. The van der Waals surface area contributed by atoms with Gasteiger partial charge in [-0.15, -0.1) is 0 Å². The summed E-state index contributed by atoms with van der Waals surface area (Å²) in [6, 6.07) is 0.342. The molecule has 2 saturated carbocycles. The van der Waals surface area contributed by atoms with Crippen LogP contribution in [0.25, 0.3) is 0 Å². The Labute approximate surface area is 134 Å². The van der Waals surface area contributed by atoms with Crippen LogP contribution in [0.1, 0.15) is 77.0 Å². The van der Waals surface area contributed by atoms with E-state index in [0.717, 1.165) is 12.8 Å². The zero-order valence-electron chi connectivity index (χ0n) is 14.0. The van der Waals surface area contributed by atoms with E-state index in [1.807, 2.05) is 4.90 Å². The van der Waals surface area contributed by atoms with E-state index in [4.69, 9.17) is 4.74 Å². The lowest BCUT2D eigenvalue weighted by atomic mass is 9.86. The minimum Gasteiger partial charge on any atom is -0.469 e. The predicted molar refractivity (Wildman–Crippen MR) is 86.4 cm³/mol. The van der Waals surface area contributed by atoms with Gasteiger partial charge in [0.15, 0.2) is 0 Å². The molecule has 2 aliphatic rings. The molecular weight excluding hydrogens is 278 g/mol. The minimum absolute atomic E-state index is 0.216. The summed E-state index contributed by atoms with van der Waals surface area (Å²) < 4.78 is 4.74. The van der Waals surface area contributed by atoms with E-state index >= 15 is 0 Å². The molecule has 0 aromatic carbocycles. The van der Waals surface area contributed by atoms with Crippen LogP contribution in [0.2, 0.25) is 0 Å². The van der Waals surface area contributed by atoms with Gasteiger partial charge in [-0.05, 0) is 31.6 Å². The summed E-state index contributed by atoms with van der Waals surface area (Å²) in [7, 11) is 1.41. The smallest absolute Gasteiger partial charge is 0.307 e. The van der Waals surface area contributed by atoms with Gasteiger partial charge >= 0.3 is 5.97 Å². The highest BCUT2D eigenvalue weighted by atomic mass is 16.5. The Morgan fingerprint density at radius 3 is 2.14 bits per heavy atom. The highest BCUT2D eigenvalue weighted by Crippen LogP contribution is 2.29. The fourth-order valence-corrected chi connectivity index (χ4v) is 3.97. The van der Waals surface area contributed by atoms with E-state index in [1.54, 1.807) is 0 Å². The third-order valence-electron chi connectivity index (χ3n) is 5.31. The normalized spacial score (nSPS) is 20.6. The fraction of sp³-hybridized carbons (Fsp3) is 0.889. The van der Waals surface area contributed by atoms with Crippen LogP contribution in [0.5, 0.6) is 0 Å². The first-order chi connectivity index (χ1) is 10.7. The SMILES string of the molecule is COC(=O)CCN(C(=O)CC1CCCCC1)C1CCCCC1. The van der Waals surface area contributed by atoms with E-state index in [2.05, 4.69) is 0 Å². The molecule has 1 amide bonds. The first kappa shape index (κ1) is 17.3. The van der Waals surface area contributed by atoms with E-state index in [-0.39, 0.29) is 11.9 Å². The highest BCUT2D eigenvalue weighted by Gasteiger charge is 2.28. The monoisotopic (exact) mass is 309 g/mol. The molecule has 2 fully saturated rings. The Morgan fingerprint density at radius 1 is 0.955 bits per heavy atom. The second-order valence-corrected chi connectivity index (χ2v) is 6.91. The first-order valence-electron chi connectivity index (χ1n) is 9.07. The van der Waals surface area contributed by atoms with Gasteiger partial charge in [-0.25, -0.2) is 0 Å². The highest BCUT2D eigenvalue weighted by molar-refractivity contribution is 5.78. The van der Waals surface area contributed by atoms with Crippen molar-refractivity contribution < 1.29 is 14.3 Å². The number of carbonyl (C=O) groups is 2. The molecule has 4 heteroatoms. The first-order valence-corrected chi connectivity index (χ1v) is 9.07. The molecule has 0 aliphatic heterocycles. The van der Waals surface area contributed by atoms with Gasteiger partial charge in [0.25, 0.3) is 0 Å². The van der Waals surface area contributed by atoms with Crippen LogP contribution in [-0.2, 0) is 14.3 Å². The summed E-state index contributed by atoms with van der Waals surface area (Å²) in [5.41, 5.74) is 0. The Kier molecular flexibility index (Phi) is 7.20. The standard InChI is InChI=1S/C18H31NO3/c1-22-18(21)12-13-19(16-10-6-3-7-11-16)17(20)14-15-8-4-2-5-9-15/h15-16H,2-14H2,1H3. The molecular formula is C18H31NO3. The van der Waals surface area contributed by atoms with Crippen molar-refractivity contribution in [1.82, 2.24) is 4.90 Å². The largest absolute Gasteiger partial charge is 0.469 e. The van der Waals surface area contributed by atoms with E-state index < -0.39 is 0 Å². The Hall–Kier alpha value is -1.06. The molecule has 0 N–H and O–H groups in total. The number of nitrogens with zero attached hydrogens (tertiary/aromatic N) is 1. The number of rotatable bonds is 6. The van der Waals surface area contributed by atoms with Gasteiger partial charge in [0.05, 0.1) is 13.5 Å². The molecule has 0 atom stereocenters. The second kappa shape index (κ2) is 9.16. The van der Waals surface area contributed by atoms with Gasteiger partial charge < -0.3 is 9.64 Å². The number of methoxy groups -OCH3 is 1. The Morgan fingerprint density at radius 2 is 1.55 bits per heavy atom. The van der Waals surface area contributed by atoms with Crippen molar-refractivity contribution in [2.75, 3.05) is 13.7 Å².